The van der Waals surface area contributed by atoms with Crippen molar-refractivity contribution in [1.29, 1.82) is 0 Å². The van der Waals surface area contributed by atoms with Crippen LogP contribution in [0.5, 0.6) is 0 Å². The first-order chi connectivity index (χ1) is 6.13. The molecule has 1 N–H and O–H groups in total. The monoisotopic (exact) mass is 215 g/mol. The van der Waals surface area contributed by atoms with Crippen LogP contribution < -0.4 is 0 Å². The van der Waals surface area contributed by atoms with Gasteiger partial charge >= 0.3 is 0 Å². The second-order valence-electron chi connectivity index (χ2n) is 3.59. The molecule has 0 spiro atoms. The van der Waals surface area contributed by atoms with E-state index in [0.717, 1.165) is 34.2 Å². The summed E-state index contributed by atoms with van der Waals surface area (Å²) in [6.07, 6.45) is 4.98. The zero-order valence-electron chi connectivity index (χ0n) is 7.83. The van der Waals surface area contributed by atoms with Gasteiger partial charge in [-0.25, -0.2) is 4.98 Å². The largest absolute Gasteiger partial charge is 0.385 e. The smallest absolute Gasteiger partial charge is 0.150 e. The number of rotatable bonds is 1. The van der Waals surface area contributed by atoms with Gasteiger partial charge in [-0.15, -0.1) is 11.3 Å². The third-order valence-corrected chi connectivity index (χ3v) is 4.75. The minimum absolute atomic E-state index is 0.626. The van der Waals surface area contributed by atoms with Gasteiger partial charge in [-0.05, 0) is 32.4 Å². The molecule has 0 fully saturated rings. The van der Waals surface area contributed by atoms with Crippen molar-refractivity contribution in [2.45, 2.75) is 36.1 Å². The fourth-order valence-corrected chi connectivity index (χ4v) is 3.42. The van der Waals surface area contributed by atoms with Gasteiger partial charge in [0, 0.05) is 0 Å². The summed E-state index contributed by atoms with van der Waals surface area (Å²) < 4.78 is 1.08. The van der Waals surface area contributed by atoms with Crippen molar-refractivity contribution < 1.29 is 5.11 Å². The third-order valence-electron chi connectivity index (χ3n) is 2.42. The molecule has 1 aromatic rings. The molecule has 1 aliphatic carbocycles. The lowest BCUT2D eigenvalue weighted by atomic mass is 9.89. The number of hydrogen-bond acceptors (Lipinski definition) is 4. The molecule has 0 saturated heterocycles. The van der Waals surface area contributed by atoms with Crippen LogP contribution in [0.15, 0.2) is 4.34 Å². The summed E-state index contributed by atoms with van der Waals surface area (Å²) >= 11 is 3.30. The summed E-state index contributed by atoms with van der Waals surface area (Å²) in [5.41, 5.74) is 0.491. The summed E-state index contributed by atoms with van der Waals surface area (Å²) in [6.45, 7) is 1.90. The average Bonchev–Trinajstić information content (AvgIpc) is 2.48. The van der Waals surface area contributed by atoms with E-state index >= 15 is 0 Å². The van der Waals surface area contributed by atoms with Gasteiger partial charge in [0.25, 0.3) is 0 Å². The first-order valence-corrected chi connectivity index (χ1v) is 6.44. The van der Waals surface area contributed by atoms with Crippen molar-refractivity contribution in [2.24, 2.45) is 0 Å². The molecule has 1 heterocycles. The first kappa shape index (κ1) is 9.49. The number of aliphatic hydroxyl groups is 1. The van der Waals surface area contributed by atoms with Crippen LogP contribution in [0, 0.1) is 0 Å². The summed E-state index contributed by atoms with van der Waals surface area (Å²) in [7, 11) is 0. The molecule has 0 aromatic carbocycles. The molecule has 4 heteroatoms. The minimum atomic E-state index is -0.626. The standard InChI is InChI=1S/C9H13NOS2/c1-9(11)5-3-4-6-7(9)13-8(10-6)12-2/h11H,3-5H2,1-2H3. The quantitative estimate of drug-likeness (QED) is 0.730. The number of nitrogens with zero attached hydrogens (tertiary/aromatic N) is 1. The van der Waals surface area contributed by atoms with Gasteiger partial charge in [0.2, 0.25) is 0 Å². The van der Waals surface area contributed by atoms with Crippen molar-refractivity contribution in [3.8, 4) is 0 Å². The van der Waals surface area contributed by atoms with E-state index in [9.17, 15) is 5.11 Å². The molecule has 72 valence electrons. The van der Waals surface area contributed by atoms with E-state index in [2.05, 4.69) is 4.98 Å². The van der Waals surface area contributed by atoms with Crippen LogP contribution in [0.4, 0.5) is 0 Å². The molecule has 2 nitrogen and oxygen atoms in total. The molecular weight excluding hydrogens is 202 g/mol. The first-order valence-electron chi connectivity index (χ1n) is 4.40. The molecule has 0 saturated carbocycles. The Bertz CT molecular complexity index is 319. The van der Waals surface area contributed by atoms with Crippen molar-refractivity contribution in [3.05, 3.63) is 10.6 Å². The lowest BCUT2D eigenvalue weighted by Crippen LogP contribution is -2.25. The van der Waals surface area contributed by atoms with E-state index in [1.807, 2.05) is 13.2 Å². The number of aryl methyl sites for hydroxylation is 1. The molecular formula is C9H13NOS2. The molecule has 13 heavy (non-hydrogen) atoms. The van der Waals surface area contributed by atoms with Crippen LogP contribution in [0.3, 0.4) is 0 Å². The summed E-state index contributed by atoms with van der Waals surface area (Å²) in [6, 6.07) is 0. The fourth-order valence-electron chi connectivity index (χ4n) is 1.72. The van der Waals surface area contributed by atoms with Gasteiger partial charge in [-0.1, -0.05) is 11.8 Å². The predicted octanol–water partition coefficient (Wildman–Crippen LogP) is 2.41. The van der Waals surface area contributed by atoms with Crippen LogP contribution in [-0.4, -0.2) is 16.3 Å². The normalized spacial score (nSPS) is 27.3. The molecule has 2 rings (SSSR count). The summed E-state index contributed by atoms with van der Waals surface area (Å²) in [4.78, 5) is 5.57. The van der Waals surface area contributed by atoms with E-state index in [1.165, 1.54) is 0 Å². The maximum Gasteiger partial charge on any atom is 0.150 e. The number of hydrogen-bond donors (Lipinski definition) is 1. The van der Waals surface area contributed by atoms with Crippen molar-refractivity contribution >= 4 is 23.1 Å². The second kappa shape index (κ2) is 3.26. The van der Waals surface area contributed by atoms with E-state index in [0.29, 0.717) is 0 Å². The molecule has 1 unspecified atom stereocenters. The van der Waals surface area contributed by atoms with E-state index in [-0.39, 0.29) is 0 Å². The number of fused-ring (bicyclic) bond motifs is 1. The minimum Gasteiger partial charge on any atom is -0.385 e. The van der Waals surface area contributed by atoms with Gasteiger partial charge < -0.3 is 5.11 Å². The van der Waals surface area contributed by atoms with E-state index in [4.69, 9.17) is 0 Å². The molecule has 0 bridgehead atoms. The zero-order valence-corrected chi connectivity index (χ0v) is 9.47. The Morgan fingerprint density at radius 3 is 3.00 bits per heavy atom. The molecule has 1 aromatic heterocycles. The molecule has 1 atom stereocenters. The molecule has 0 aliphatic heterocycles. The lowest BCUT2D eigenvalue weighted by Gasteiger charge is -2.26. The lowest BCUT2D eigenvalue weighted by molar-refractivity contribution is 0.0422. The Hall–Kier alpha value is -0.0600. The van der Waals surface area contributed by atoms with Crippen molar-refractivity contribution in [3.63, 3.8) is 0 Å². The van der Waals surface area contributed by atoms with E-state index in [1.54, 1.807) is 23.1 Å². The molecule has 1 aliphatic rings. The van der Waals surface area contributed by atoms with Gasteiger partial charge in [0.1, 0.15) is 4.34 Å². The SMILES string of the molecule is CSc1nc2c(s1)C(C)(O)CCC2. The highest BCUT2D eigenvalue weighted by atomic mass is 32.2. The highest BCUT2D eigenvalue weighted by Crippen LogP contribution is 2.40. The summed E-state index contributed by atoms with van der Waals surface area (Å²) in [5.74, 6) is 0. The van der Waals surface area contributed by atoms with Crippen LogP contribution in [0.2, 0.25) is 0 Å². The molecule has 0 radical (unpaired) electrons. The van der Waals surface area contributed by atoms with Crippen molar-refractivity contribution in [2.75, 3.05) is 6.26 Å². The molecule has 0 amide bonds. The summed E-state index contributed by atoms with van der Waals surface area (Å²) in [5, 5.41) is 10.1. The van der Waals surface area contributed by atoms with Gasteiger partial charge in [-0.2, -0.15) is 0 Å². The predicted molar refractivity (Wildman–Crippen MR) is 56.4 cm³/mol. The maximum atomic E-state index is 10.1. The second-order valence-corrected chi connectivity index (χ2v) is 5.64. The fraction of sp³-hybridized carbons (Fsp3) is 0.667. The van der Waals surface area contributed by atoms with Crippen molar-refractivity contribution in [1.82, 2.24) is 4.98 Å². The van der Waals surface area contributed by atoms with Gasteiger partial charge in [0.15, 0.2) is 0 Å². The topological polar surface area (TPSA) is 33.1 Å². The number of thioether (sulfide) groups is 1. The van der Waals surface area contributed by atoms with Gasteiger partial charge in [0.05, 0.1) is 16.2 Å². The Balaban J connectivity index is 2.44. The van der Waals surface area contributed by atoms with Gasteiger partial charge in [-0.3, -0.25) is 0 Å². The Labute approximate surface area is 86.4 Å². The Morgan fingerprint density at radius 1 is 1.62 bits per heavy atom. The zero-order chi connectivity index (χ0) is 9.47. The maximum absolute atomic E-state index is 10.1. The number of aromatic nitrogens is 1. The Morgan fingerprint density at radius 2 is 2.38 bits per heavy atom. The highest BCUT2D eigenvalue weighted by molar-refractivity contribution is 8.00. The number of thiazole rings is 1. The highest BCUT2D eigenvalue weighted by Gasteiger charge is 2.32. The van der Waals surface area contributed by atoms with Crippen LogP contribution in [0.25, 0.3) is 0 Å². The van der Waals surface area contributed by atoms with E-state index < -0.39 is 5.60 Å². The average molecular weight is 215 g/mol. The Kier molecular flexibility index (Phi) is 2.38. The third kappa shape index (κ3) is 1.63. The van der Waals surface area contributed by atoms with Crippen LogP contribution >= 0.6 is 23.1 Å². The van der Waals surface area contributed by atoms with Crippen LogP contribution in [0.1, 0.15) is 30.3 Å². The van der Waals surface area contributed by atoms with Crippen LogP contribution in [-0.2, 0) is 12.0 Å².